The van der Waals surface area contributed by atoms with Crippen molar-refractivity contribution in [2.24, 2.45) is 11.8 Å². The topological polar surface area (TPSA) is 125 Å². The Balaban J connectivity index is 1.83. The van der Waals surface area contributed by atoms with Crippen LogP contribution in [0.5, 0.6) is 0 Å². The Morgan fingerprint density at radius 1 is 1.10 bits per heavy atom. The van der Waals surface area contributed by atoms with Gasteiger partial charge in [0, 0.05) is 29.9 Å². The lowest BCUT2D eigenvalue weighted by Gasteiger charge is -2.41. The highest BCUT2D eigenvalue weighted by Crippen LogP contribution is 2.44. The zero-order chi connectivity index (χ0) is 22.6. The number of nitro benzene ring substituents is 2. The predicted octanol–water partition coefficient (Wildman–Crippen LogP) is 4.84. The minimum Gasteiger partial charge on any atom is -0.461 e. The van der Waals surface area contributed by atoms with Crippen LogP contribution < -0.4 is 0 Å². The number of non-ortho nitro benzene ring substituents is 2. The van der Waals surface area contributed by atoms with Crippen molar-refractivity contribution < 1.29 is 19.4 Å². The van der Waals surface area contributed by atoms with E-state index >= 15 is 0 Å². The second kappa shape index (κ2) is 9.20. The molecule has 1 aliphatic rings. The molecule has 1 saturated carbocycles. The molecule has 2 aromatic rings. The molecular formula is C22H25N3O6. The summed E-state index contributed by atoms with van der Waals surface area (Å²) in [5.74, 6) is 0.361. The summed E-state index contributed by atoms with van der Waals surface area (Å²) in [7, 11) is 0. The molecule has 3 rings (SSSR count). The van der Waals surface area contributed by atoms with Gasteiger partial charge < -0.3 is 4.74 Å². The quantitative estimate of drug-likeness (QED) is 0.351. The van der Waals surface area contributed by atoms with E-state index in [-0.39, 0.29) is 17.6 Å². The van der Waals surface area contributed by atoms with Gasteiger partial charge in [-0.05, 0) is 55.2 Å². The number of nitro groups is 2. The Morgan fingerprint density at radius 3 is 2.13 bits per heavy atom. The number of hydrogen-bond acceptors (Lipinski definition) is 7. The van der Waals surface area contributed by atoms with Gasteiger partial charge in [-0.2, -0.15) is 0 Å². The van der Waals surface area contributed by atoms with Gasteiger partial charge in [0.15, 0.2) is 0 Å². The van der Waals surface area contributed by atoms with Crippen LogP contribution in [0, 0.1) is 32.1 Å². The smallest absolute Gasteiger partial charge is 0.338 e. The Hall–Kier alpha value is -3.36. The molecule has 0 unspecified atom stereocenters. The van der Waals surface area contributed by atoms with E-state index in [9.17, 15) is 25.0 Å². The van der Waals surface area contributed by atoms with Crippen LogP contribution in [0.4, 0.5) is 11.4 Å². The van der Waals surface area contributed by atoms with Crippen molar-refractivity contribution in [2.45, 2.75) is 44.9 Å². The first kappa shape index (κ1) is 22.3. The monoisotopic (exact) mass is 427 g/mol. The number of esters is 1. The zero-order valence-electron chi connectivity index (χ0n) is 17.5. The Kier molecular flexibility index (Phi) is 6.62. The van der Waals surface area contributed by atoms with Gasteiger partial charge in [-0.25, -0.2) is 4.79 Å². The summed E-state index contributed by atoms with van der Waals surface area (Å²) in [6, 6.07) is 6.67. The Bertz CT molecular complexity index is 936. The molecule has 1 aromatic carbocycles. The molecule has 0 aliphatic heterocycles. The Morgan fingerprint density at radius 2 is 1.65 bits per heavy atom. The summed E-state index contributed by atoms with van der Waals surface area (Å²) < 4.78 is 5.59. The highest BCUT2D eigenvalue weighted by Gasteiger charge is 2.39. The molecule has 9 heteroatoms. The molecule has 1 heterocycles. The van der Waals surface area contributed by atoms with Crippen LogP contribution in [0.2, 0.25) is 0 Å². The minimum absolute atomic E-state index is 0.0944. The molecule has 0 spiro atoms. The Labute approximate surface area is 179 Å². The first-order valence-corrected chi connectivity index (χ1v) is 10.2. The second-order valence-corrected chi connectivity index (χ2v) is 8.43. The average Bonchev–Trinajstić information content (AvgIpc) is 2.77. The maximum Gasteiger partial charge on any atom is 0.338 e. The third-order valence-electron chi connectivity index (χ3n) is 6.26. The van der Waals surface area contributed by atoms with Crippen molar-refractivity contribution in [1.29, 1.82) is 0 Å². The van der Waals surface area contributed by atoms with Crippen LogP contribution in [0.1, 0.15) is 55.5 Å². The van der Waals surface area contributed by atoms with Crippen LogP contribution in [-0.2, 0) is 10.2 Å². The van der Waals surface area contributed by atoms with Crippen molar-refractivity contribution >= 4 is 17.3 Å². The van der Waals surface area contributed by atoms with Gasteiger partial charge in [0.05, 0.1) is 21.5 Å². The fraction of sp³-hybridized carbons (Fsp3) is 0.455. The maximum absolute atomic E-state index is 12.7. The van der Waals surface area contributed by atoms with E-state index < -0.39 is 27.2 Å². The van der Waals surface area contributed by atoms with E-state index in [0.717, 1.165) is 49.4 Å². The molecule has 1 fully saturated rings. The number of benzene rings is 1. The zero-order valence-corrected chi connectivity index (χ0v) is 17.5. The van der Waals surface area contributed by atoms with Crippen LogP contribution in [0.3, 0.4) is 0 Å². The highest BCUT2D eigenvalue weighted by atomic mass is 16.6. The molecule has 164 valence electrons. The largest absolute Gasteiger partial charge is 0.461 e. The maximum atomic E-state index is 12.7. The fourth-order valence-electron chi connectivity index (χ4n) is 4.29. The van der Waals surface area contributed by atoms with Gasteiger partial charge >= 0.3 is 5.97 Å². The van der Waals surface area contributed by atoms with Crippen molar-refractivity contribution in [3.05, 3.63) is 74.1 Å². The summed E-state index contributed by atoms with van der Waals surface area (Å²) in [5.41, 5.74) is -0.606. The number of hydrogen-bond donors (Lipinski definition) is 0. The third kappa shape index (κ3) is 5.04. The molecular weight excluding hydrogens is 402 g/mol. The van der Waals surface area contributed by atoms with E-state index in [4.69, 9.17) is 4.74 Å². The number of carbonyl (C=O) groups excluding carboxylic acids is 1. The molecule has 1 aliphatic carbocycles. The fourth-order valence-corrected chi connectivity index (χ4v) is 4.29. The molecule has 0 atom stereocenters. The summed E-state index contributed by atoms with van der Waals surface area (Å²) in [6.45, 7) is 4.51. The molecule has 1 aromatic heterocycles. The van der Waals surface area contributed by atoms with Gasteiger partial charge in [0.1, 0.15) is 6.61 Å². The molecule has 0 N–H and O–H groups in total. The van der Waals surface area contributed by atoms with E-state index in [0.29, 0.717) is 11.8 Å². The molecule has 0 bridgehead atoms. The summed E-state index contributed by atoms with van der Waals surface area (Å²) in [6.07, 6.45) is 7.08. The van der Waals surface area contributed by atoms with E-state index in [2.05, 4.69) is 18.8 Å². The van der Waals surface area contributed by atoms with Gasteiger partial charge in [0.25, 0.3) is 11.4 Å². The first-order chi connectivity index (χ1) is 14.7. The summed E-state index contributed by atoms with van der Waals surface area (Å²) >= 11 is 0. The van der Waals surface area contributed by atoms with Crippen LogP contribution >= 0.6 is 0 Å². The summed E-state index contributed by atoms with van der Waals surface area (Å²) in [5, 5.41) is 22.2. The van der Waals surface area contributed by atoms with Crippen LogP contribution in [-0.4, -0.2) is 27.4 Å². The third-order valence-corrected chi connectivity index (χ3v) is 6.26. The molecule has 0 radical (unpaired) electrons. The first-order valence-electron chi connectivity index (χ1n) is 10.2. The van der Waals surface area contributed by atoms with Gasteiger partial charge in [-0.1, -0.05) is 13.8 Å². The average molecular weight is 427 g/mol. The van der Waals surface area contributed by atoms with Gasteiger partial charge in [-0.3, -0.25) is 25.2 Å². The molecule has 9 nitrogen and oxygen atoms in total. The SMILES string of the molecule is CC(C)C1CCC(COC(=O)c2cc([N+](=O)[O-])cc([N+](=O)[O-])c2)(c2ccncc2)CC1. The van der Waals surface area contributed by atoms with E-state index in [1.54, 1.807) is 12.4 Å². The van der Waals surface area contributed by atoms with Gasteiger partial charge in [0.2, 0.25) is 0 Å². The summed E-state index contributed by atoms with van der Waals surface area (Å²) in [4.78, 5) is 37.4. The van der Waals surface area contributed by atoms with Crippen LogP contribution in [0.15, 0.2) is 42.7 Å². The number of rotatable bonds is 7. The van der Waals surface area contributed by atoms with Crippen molar-refractivity contribution in [2.75, 3.05) is 6.61 Å². The molecule has 0 saturated heterocycles. The predicted molar refractivity (Wildman–Crippen MR) is 113 cm³/mol. The number of nitrogens with zero attached hydrogens (tertiary/aromatic N) is 3. The number of ether oxygens (including phenoxy) is 1. The van der Waals surface area contributed by atoms with Crippen molar-refractivity contribution in [1.82, 2.24) is 4.98 Å². The van der Waals surface area contributed by atoms with Gasteiger partial charge in [-0.15, -0.1) is 0 Å². The second-order valence-electron chi connectivity index (χ2n) is 8.43. The molecule has 0 amide bonds. The van der Waals surface area contributed by atoms with Crippen LogP contribution in [0.25, 0.3) is 0 Å². The lowest BCUT2D eigenvalue weighted by molar-refractivity contribution is -0.394. The lowest BCUT2D eigenvalue weighted by Crippen LogP contribution is -2.38. The van der Waals surface area contributed by atoms with Crippen molar-refractivity contribution in [3.8, 4) is 0 Å². The number of aromatic nitrogens is 1. The standard InChI is InChI=1S/C22H25N3O6/c1-15(2)16-3-7-22(8-4-16,18-5-9-23-10-6-18)14-31-21(26)17-11-19(24(27)28)13-20(12-17)25(29)30/h5-6,9-13,15-16H,3-4,7-8,14H2,1-2H3. The normalized spacial score (nSPS) is 20.9. The van der Waals surface area contributed by atoms with E-state index in [1.165, 1.54) is 0 Å². The van der Waals surface area contributed by atoms with Crippen molar-refractivity contribution in [3.63, 3.8) is 0 Å². The minimum atomic E-state index is -0.814. The molecule has 31 heavy (non-hydrogen) atoms. The highest BCUT2D eigenvalue weighted by molar-refractivity contribution is 5.91. The number of pyridine rings is 1. The number of carbonyl (C=O) groups is 1. The van der Waals surface area contributed by atoms with E-state index in [1.807, 2.05) is 12.1 Å². The lowest BCUT2D eigenvalue weighted by atomic mass is 9.65.